The molecule has 0 atom stereocenters. The first kappa shape index (κ1) is 21.1. The van der Waals surface area contributed by atoms with Crippen molar-refractivity contribution in [2.24, 2.45) is 0 Å². The SMILES string of the molecule is N#C/C(=C\c1cccc(C2CC2)n1)C(=O)NC1(c2ccc(-c3cccnc3)cc2)CCCC1. The number of pyridine rings is 2. The Labute approximate surface area is 194 Å². The Balaban J connectivity index is 1.38. The van der Waals surface area contributed by atoms with E-state index in [0.29, 0.717) is 11.6 Å². The molecule has 0 unspecified atom stereocenters. The Bertz CT molecular complexity index is 1210. The topological polar surface area (TPSA) is 78.7 Å². The molecule has 5 heteroatoms. The molecule has 0 aliphatic heterocycles. The monoisotopic (exact) mass is 434 g/mol. The van der Waals surface area contributed by atoms with Gasteiger partial charge in [-0.05, 0) is 66.6 Å². The summed E-state index contributed by atoms with van der Waals surface area (Å²) < 4.78 is 0. The number of nitrogens with zero attached hydrogens (tertiary/aromatic N) is 3. The maximum absolute atomic E-state index is 13.2. The largest absolute Gasteiger partial charge is 0.342 e. The van der Waals surface area contributed by atoms with E-state index < -0.39 is 5.54 Å². The number of nitriles is 1. The second-order valence-electron chi connectivity index (χ2n) is 8.99. The standard InChI is InChI=1S/C28H26N4O/c29-18-23(17-25-6-3-7-26(31-25)21-8-9-21)27(33)32-28(14-1-2-15-28)24-12-10-20(11-13-24)22-5-4-16-30-19-22/h3-7,10-13,16-17,19,21H,1-2,8-9,14-15H2,(H,32,33)/b23-17+. The normalized spacial score (nSPS) is 17.4. The van der Waals surface area contributed by atoms with Crippen LogP contribution < -0.4 is 5.32 Å². The minimum absolute atomic E-state index is 0.0914. The third kappa shape index (κ3) is 4.56. The molecule has 1 N–H and O–H groups in total. The van der Waals surface area contributed by atoms with Gasteiger partial charge in [-0.1, -0.05) is 49.2 Å². The molecule has 1 aromatic carbocycles. The number of aromatic nitrogens is 2. The number of rotatable bonds is 6. The highest BCUT2D eigenvalue weighted by Gasteiger charge is 2.37. The van der Waals surface area contributed by atoms with Gasteiger partial charge in [0.25, 0.3) is 5.91 Å². The maximum Gasteiger partial charge on any atom is 0.262 e. The van der Waals surface area contributed by atoms with E-state index in [4.69, 9.17) is 0 Å². The second-order valence-corrected chi connectivity index (χ2v) is 8.99. The van der Waals surface area contributed by atoms with Gasteiger partial charge in [-0.25, -0.2) is 0 Å². The van der Waals surface area contributed by atoms with E-state index in [9.17, 15) is 10.1 Å². The highest BCUT2D eigenvalue weighted by atomic mass is 16.1. The molecule has 164 valence electrons. The molecular formula is C28H26N4O. The van der Waals surface area contributed by atoms with E-state index in [2.05, 4.69) is 45.6 Å². The Kier molecular flexibility index (Phi) is 5.75. The average molecular weight is 435 g/mol. The molecule has 33 heavy (non-hydrogen) atoms. The second kappa shape index (κ2) is 8.99. The van der Waals surface area contributed by atoms with Crippen molar-refractivity contribution in [3.8, 4) is 17.2 Å². The fraction of sp³-hybridized carbons (Fsp3) is 0.286. The summed E-state index contributed by atoms with van der Waals surface area (Å²) in [7, 11) is 0. The number of carbonyl (C=O) groups is 1. The summed E-state index contributed by atoms with van der Waals surface area (Å²) in [5.41, 5.74) is 4.56. The van der Waals surface area contributed by atoms with Gasteiger partial charge in [-0.2, -0.15) is 5.26 Å². The third-order valence-corrected chi connectivity index (χ3v) is 6.69. The van der Waals surface area contributed by atoms with Crippen LogP contribution in [0.2, 0.25) is 0 Å². The smallest absolute Gasteiger partial charge is 0.262 e. The fourth-order valence-electron chi connectivity index (χ4n) is 4.72. The van der Waals surface area contributed by atoms with Gasteiger partial charge in [-0.15, -0.1) is 0 Å². The van der Waals surface area contributed by atoms with Crippen molar-refractivity contribution in [1.29, 1.82) is 5.26 Å². The zero-order chi connectivity index (χ0) is 22.7. The molecule has 0 radical (unpaired) electrons. The van der Waals surface area contributed by atoms with Gasteiger partial charge in [0.2, 0.25) is 0 Å². The van der Waals surface area contributed by atoms with Crippen molar-refractivity contribution in [2.75, 3.05) is 0 Å². The molecule has 3 aromatic rings. The first-order valence-corrected chi connectivity index (χ1v) is 11.6. The van der Waals surface area contributed by atoms with Gasteiger partial charge in [0, 0.05) is 24.0 Å². The Morgan fingerprint density at radius 1 is 1.03 bits per heavy atom. The molecule has 2 aliphatic rings. The van der Waals surface area contributed by atoms with Crippen molar-refractivity contribution in [2.45, 2.75) is 50.0 Å². The maximum atomic E-state index is 13.2. The molecule has 0 spiro atoms. The van der Waals surface area contributed by atoms with Crippen LogP contribution in [-0.4, -0.2) is 15.9 Å². The lowest BCUT2D eigenvalue weighted by molar-refractivity contribution is -0.119. The van der Waals surface area contributed by atoms with E-state index in [-0.39, 0.29) is 11.5 Å². The molecule has 5 nitrogen and oxygen atoms in total. The summed E-state index contributed by atoms with van der Waals surface area (Å²) >= 11 is 0. The van der Waals surface area contributed by atoms with Crippen molar-refractivity contribution in [1.82, 2.24) is 15.3 Å². The first-order valence-electron chi connectivity index (χ1n) is 11.6. The number of carbonyl (C=O) groups excluding carboxylic acids is 1. The predicted octanol–water partition coefficient (Wildman–Crippen LogP) is 5.51. The van der Waals surface area contributed by atoms with Crippen LogP contribution in [0.3, 0.4) is 0 Å². The highest BCUT2D eigenvalue weighted by Crippen LogP contribution is 2.40. The van der Waals surface area contributed by atoms with Crippen LogP contribution in [0.1, 0.15) is 61.4 Å². The number of amides is 1. The van der Waals surface area contributed by atoms with E-state index in [1.807, 2.05) is 36.5 Å². The van der Waals surface area contributed by atoms with E-state index in [1.165, 1.54) is 0 Å². The summed E-state index contributed by atoms with van der Waals surface area (Å²) in [6, 6.07) is 20.2. The summed E-state index contributed by atoms with van der Waals surface area (Å²) in [5.74, 6) is 0.184. The van der Waals surface area contributed by atoms with Crippen LogP contribution in [0.5, 0.6) is 0 Å². The highest BCUT2D eigenvalue weighted by molar-refractivity contribution is 6.02. The fourth-order valence-corrected chi connectivity index (χ4v) is 4.72. The number of benzene rings is 1. The zero-order valence-corrected chi connectivity index (χ0v) is 18.5. The lowest BCUT2D eigenvalue weighted by Gasteiger charge is -2.31. The van der Waals surface area contributed by atoms with Gasteiger partial charge in [0.05, 0.1) is 11.2 Å². The van der Waals surface area contributed by atoms with Gasteiger partial charge in [0.1, 0.15) is 11.6 Å². The molecule has 2 heterocycles. The van der Waals surface area contributed by atoms with Gasteiger partial charge in [0.15, 0.2) is 0 Å². The Morgan fingerprint density at radius 2 is 1.82 bits per heavy atom. The Morgan fingerprint density at radius 3 is 2.48 bits per heavy atom. The lowest BCUT2D eigenvalue weighted by atomic mass is 9.86. The molecule has 2 fully saturated rings. The van der Waals surface area contributed by atoms with E-state index >= 15 is 0 Å². The summed E-state index contributed by atoms with van der Waals surface area (Å²) in [6.45, 7) is 0. The van der Waals surface area contributed by atoms with Crippen molar-refractivity contribution in [3.63, 3.8) is 0 Å². The quantitative estimate of drug-likeness (QED) is 0.410. The van der Waals surface area contributed by atoms with Crippen molar-refractivity contribution < 1.29 is 4.79 Å². The van der Waals surface area contributed by atoms with Gasteiger partial charge >= 0.3 is 0 Å². The number of nitrogens with one attached hydrogen (secondary N) is 1. The van der Waals surface area contributed by atoms with Crippen LogP contribution in [0.25, 0.3) is 17.2 Å². The molecule has 0 bridgehead atoms. The summed E-state index contributed by atoms with van der Waals surface area (Å²) in [6.07, 6.45) is 11.3. The van der Waals surface area contributed by atoms with Crippen LogP contribution in [-0.2, 0) is 10.3 Å². The molecular weight excluding hydrogens is 408 g/mol. The van der Waals surface area contributed by atoms with E-state index in [1.54, 1.807) is 12.3 Å². The molecule has 2 aliphatic carbocycles. The van der Waals surface area contributed by atoms with Crippen molar-refractivity contribution >= 4 is 12.0 Å². The summed E-state index contributed by atoms with van der Waals surface area (Å²) in [4.78, 5) is 22.0. The minimum atomic E-state index is -0.455. The average Bonchev–Trinajstić information content (AvgIpc) is 3.62. The van der Waals surface area contributed by atoms with Gasteiger partial charge in [-0.3, -0.25) is 14.8 Å². The van der Waals surface area contributed by atoms with E-state index in [0.717, 1.165) is 60.9 Å². The Hall–Kier alpha value is -3.78. The molecule has 2 aromatic heterocycles. The third-order valence-electron chi connectivity index (χ3n) is 6.69. The minimum Gasteiger partial charge on any atom is -0.342 e. The van der Waals surface area contributed by atoms with Crippen LogP contribution in [0.15, 0.2) is 72.6 Å². The van der Waals surface area contributed by atoms with Crippen LogP contribution in [0.4, 0.5) is 0 Å². The van der Waals surface area contributed by atoms with Crippen LogP contribution in [0, 0.1) is 11.3 Å². The summed E-state index contributed by atoms with van der Waals surface area (Å²) in [5, 5.41) is 12.9. The first-order chi connectivity index (χ1) is 16.2. The molecule has 1 amide bonds. The lowest BCUT2D eigenvalue weighted by Crippen LogP contribution is -2.44. The number of hydrogen-bond acceptors (Lipinski definition) is 4. The molecule has 5 rings (SSSR count). The molecule has 0 saturated heterocycles. The zero-order valence-electron chi connectivity index (χ0n) is 18.5. The number of hydrogen-bond donors (Lipinski definition) is 1. The van der Waals surface area contributed by atoms with Crippen LogP contribution >= 0.6 is 0 Å². The van der Waals surface area contributed by atoms with Gasteiger partial charge < -0.3 is 5.32 Å². The predicted molar refractivity (Wildman–Crippen MR) is 128 cm³/mol. The molecule has 2 saturated carbocycles. The van der Waals surface area contributed by atoms with Crippen molar-refractivity contribution in [3.05, 3.63) is 89.5 Å².